The molecule has 112 valence electrons. The Hall–Kier alpha value is -2.14. The van der Waals surface area contributed by atoms with Crippen LogP contribution in [0.15, 0.2) is 30.5 Å². The Morgan fingerprint density at radius 1 is 1.24 bits per heavy atom. The molecule has 0 amide bonds. The van der Waals surface area contributed by atoms with E-state index in [9.17, 15) is 5.11 Å². The molecule has 1 heterocycles. The predicted octanol–water partition coefficient (Wildman–Crippen LogP) is 3.28. The average molecular weight is 288 g/mol. The van der Waals surface area contributed by atoms with E-state index >= 15 is 0 Å². The van der Waals surface area contributed by atoms with Gasteiger partial charge < -0.3 is 14.6 Å². The molecule has 1 aromatic carbocycles. The Bertz CT molecular complexity index is 600. The van der Waals surface area contributed by atoms with Gasteiger partial charge in [-0.3, -0.25) is 0 Å². The van der Waals surface area contributed by atoms with Crippen molar-refractivity contribution in [3.8, 4) is 17.2 Å². The normalized spacial score (nSPS) is 10.7. The van der Waals surface area contributed by atoms with Crippen molar-refractivity contribution in [2.75, 3.05) is 6.61 Å². The first-order chi connectivity index (χ1) is 10.1. The van der Waals surface area contributed by atoms with Gasteiger partial charge in [-0.05, 0) is 19.1 Å². The van der Waals surface area contributed by atoms with Crippen LogP contribution in [0.25, 0.3) is 0 Å². The summed E-state index contributed by atoms with van der Waals surface area (Å²) in [5.74, 6) is 2.70. The predicted molar refractivity (Wildman–Crippen MR) is 79.7 cm³/mol. The summed E-state index contributed by atoms with van der Waals surface area (Å²) in [5.41, 5.74) is 0.482. The molecule has 0 unspecified atom stereocenters. The number of aliphatic hydroxyl groups excluding tert-OH is 1. The second-order valence-electron chi connectivity index (χ2n) is 4.86. The van der Waals surface area contributed by atoms with Crippen molar-refractivity contribution in [3.05, 3.63) is 42.0 Å². The molecule has 0 aliphatic carbocycles. The lowest BCUT2D eigenvalue weighted by atomic mass is 10.2. The minimum Gasteiger partial charge on any atom is -0.494 e. The van der Waals surface area contributed by atoms with Crippen molar-refractivity contribution >= 4 is 0 Å². The maximum Gasteiger partial charge on any atom is 0.169 e. The fourth-order valence-electron chi connectivity index (χ4n) is 1.82. The first-order valence-corrected chi connectivity index (χ1v) is 7.01. The molecule has 5 nitrogen and oxygen atoms in total. The van der Waals surface area contributed by atoms with Gasteiger partial charge in [-0.1, -0.05) is 19.9 Å². The summed E-state index contributed by atoms with van der Waals surface area (Å²) >= 11 is 0. The van der Waals surface area contributed by atoms with Crippen molar-refractivity contribution in [2.45, 2.75) is 33.3 Å². The first-order valence-electron chi connectivity index (χ1n) is 7.01. The van der Waals surface area contributed by atoms with Crippen molar-refractivity contribution in [1.82, 2.24) is 9.97 Å². The Morgan fingerprint density at radius 3 is 2.67 bits per heavy atom. The smallest absolute Gasteiger partial charge is 0.169 e. The average Bonchev–Trinajstić information content (AvgIpc) is 2.48. The lowest BCUT2D eigenvalue weighted by Gasteiger charge is -2.12. The summed E-state index contributed by atoms with van der Waals surface area (Å²) in [6, 6.07) is 7.32. The molecule has 21 heavy (non-hydrogen) atoms. The van der Waals surface area contributed by atoms with Crippen molar-refractivity contribution < 1.29 is 14.6 Å². The van der Waals surface area contributed by atoms with Gasteiger partial charge in [0, 0.05) is 12.0 Å². The molecule has 1 N–H and O–H groups in total. The minimum absolute atomic E-state index is 0.192. The number of aliphatic hydroxyl groups is 1. The van der Waals surface area contributed by atoms with Crippen LogP contribution in [0.4, 0.5) is 0 Å². The molecule has 0 aliphatic rings. The molecule has 2 aromatic rings. The third kappa shape index (κ3) is 3.92. The first kappa shape index (κ1) is 15.3. The summed E-state index contributed by atoms with van der Waals surface area (Å²) < 4.78 is 11.2. The number of aromatic nitrogens is 2. The third-order valence-corrected chi connectivity index (χ3v) is 2.86. The number of ether oxygens (including phenoxy) is 2. The lowest BCUT2D eigenvalue weighted by Crippen LogP contribution is -2.03. The second kappa shape index (κ2) is 7.04. The van der Waals surface area contributed by atoms with E-state index in [1.165, 1.54) is 0 Å². The van der Waals surface area contributed by atoms with Gasteiger partial charge in [-0.25, -0.2) is 9.97 Å². The van der Waals surface area contributed by atoms with E-state index in [1.807, 2.05) is 39.0 Å². The highest BCUT2D eigenvalue weighted by molar-refractivity contribution is 5.37. The molecular formula is C16H20N2O3. The standard InChI is InChI=1S/C16H20N2O3/c1-4-20-12-6-5-7-13(8-12)21-15-9-17-16(11(2)3)18-14(15)10-19/h5-9,11,19H,4,10H2,1-3H3. The van der Waals surface area contributed by atoms with Gasteiger partial charge >= 0.3 is 0 Å². The fourth-order valence-corrected chi connectivity index (χ4v) is 1.82. The van der Waals surface area contributed by atoms with Gasteiger partial charge in [0.15, 0.2) is 5.75 Å². The third-order valence-electron chi connectivity index (χ3n) is 2.86. The molecule has 5 heteroatoms. The summed E-state index contributed by atoms with van der Waals surface area (Å²) in [6.45, 7) is 6.33. The van der Waals surface area contributed by atoms with Crippen molar-refractivity contribution in [1.29, 1.82) is 0 Å². The topological polar surface area (TPSA) is 64.5 Å². The molecule has 0 saturated heterocycles. The van der Waals surface area contributed by atoms with Crippen LogP contribution in [0, 0.1) is 0 Å². The molecule has 1 aromatic heterocycles. The lowest BCUT2D eigenvalue weighted by molar-refractivity contribution is 0.269. The van der Waals surface area contributed by atoms with Crippen LogP contribution in [-0.4, -0.2) is 21.7 Å². The van der Waals surface area contributed by atoms with Gasteiger partial charge in [0.05, 0.1) is 19.4 Å². The van der Waals surface area contributed by atoms with E-state index in [2.05, 4.69) is 9.97 Å². The van der Waals surface area contributed by atoms with E-state index in [0.29, 0.717) is 29.6 Å². The van der Waals surface area contributed by atoms with Crippen LogP contribution in [-0.2, 0) is 6.61 Å². The summed E-state index contributed by atoms with van der Waals surface area (Å²) in [7, 11) is 0. The maximum atomic E-state index is 9.45. The van der Waals surface area contributed by atoms with Gasteiger partial charge in [0.25, 0.3) is 0 Å². The quantitative estimate of drug-likeness (QED) is 0.883. The fraction of sp³-hybridized carbons (Fsp3) is 0.375. The van der Waals surface area contributed by atoms with Crippen LogP contribution in [0.1, 0.15) is 38.2 Å². The molecule has 0 aliphatic heterocycles. The van der Waals surface area contributed by atoms with E-state index in [1.54, 1.807) is 12.3 Å². The minimum atomic E-state index is -0.192. The molecule has 0 saturated carbocycles. The summed E-state index contributed by atoms with van der Waals surface area (Å²) in [6.07, 6.45) is 1.60. The number of hydrogen-bond donors (Lipinski definition) is 1. The van der Waals surface area contributed by atoms with Crippen LogP contribution in [0.3, 0.4) is 0 Å². The Balaban J connectivity index is 2.24. The Kier molecular flexibility index (Phi) is 5.11. The van der Waals surface area contributed by atoms with E-state index in [0.717, 1.165) is 5.75 Å². The Morgan fingerprint density at radius 2 is 2.00 bits per heavy atom. The number of rotatable bonds is 6. The van der Waals surface area contributed by atoms with Crippen molar-refractivity contribution in [2.24, 2.45) is 0 Å². The molecular weight excluding hydrogens is 268 g/mol. The maximum absolute atomic E-state index is 9.45. The molecule has 0 atom stereocenters. The highest BCUT2D eigenvalue weighted by Crippen LogP contribution is 2.27. The van der Waals surface area contributed by atoms with E-state index in [4.69, 9.17) is 9.47 Å². The number of hydrogen-bond acceptors (Lipinski definition) is 5. The number of nitrogens with zero attached hydrogens (tertiary/aromatic N) is 2. The van der Waals surface area contributed by atoms with Crippen LogP contribution >= 0.6 is 0 Å². The highest BCUT2D eigenvalue weighted by atomic mass is 16.5. The number of benzene rings is 1. The molecule has 0 spiro atoms. The molecule has 0 radical (unpaired) electrons. The van der Waals surface area contributed by atoms with Crippen LogP contribution in [0.2, 0.25) is 0 Å². The SMILES string of the molecule is CCOc1cccc(Oc2cnc(C(C)C)nc2CO)c1. The van der Waals surface area contributed by atoms with E-state index in [-0.39, 0.29) is 12.5 Å². The van der Waals surface area contributed by atoms with Gasteiger partial charge in [-0.15, -0.1) is 0 Å². The second-order valence-corrected chi connectivity index (χ2v) is 4.86. The molecule has 0 fully saturated rings. The zero-order valence-corrected chi connectivity index (χ0v) is 12.5. The monoisotopic (exact) mass is 288 g/mol. The largest absolute Gasteiger partial charge is 0.494 e. The van der Waals surface area contributed by atoms with Crippen molar-refractivity contribution in [3.63, 3.8) is 0 Å². The van der Waals surface area contributed by atoms with Gasteiger partial charge in [0.2, 0.25) is 0 Å². The zero-order valence-electron chi connectivity index (χ0n) is 12.5. The Labute approximate surface area is 124 Å². The zero-order chi connectivity index (χ0) is 15.2. The molecule has 0 bridgehead atoms. The summed E-state index contributed by atoms with van der Waals surface area (Å²) in [4.78, 5) is 8.59. The highest BCUT2D eigenvalue weighted by Gasteiger charge is 2.11. The van der Waals surface area contributed by atoms with Gasteiger partial charge in [-0.2, -0.15) is 0 Å². The van der Waals surface area contributed by atoms with Gasteiger partial charge in [0.1, 0.15) is 23.0 Å². The molecule has 2 rings (SSSR count). The summed E-state index contributed by atoms with van der Waals surface area (Å²) in [5, 5.41) is 9.45. The van der Waals surface area contributed by atoms with Crippen LogP contribution < -0.4 is 9.47 Å². The van der Waals surface area contributed by atoms with Crippen LogP contribution in [0.5, 0.6) is 17.2 Å². The van der Waals surface area contributed by atoms with E-state index < -0.39 is 0 Å².